The first-order valence-electron chi connectivity index (χ1n) is 10.1. The molecule has 0 radical (unpaired) electrons. The Morgan fingerprint density at radius 3 is 2.19 bits per heavy atom. The van der Waals surface area contributed by atoms with Gasteiger partial charge in [-0.15, -0.1) is 0 Å². The third-order valence-corrected chi connectivity index (χ3v) is 5.09. The van der Waals surface area contributed by atoms with Crippen molar-refractivity contribution in [2.45, 2.75) is 71.6 Å². The molecule has 1 fully saturated rings. The summed E-state index contributed by atoms with van der Waals surface area (Å²) in [6.45, 7) is 5.23. The molecule has 0 aromatic rings. The van der Waals surface area contributed by atoms with Gasteiger partial charge in [-0.25, -0.2) is 4.79 Å². The van der Waals surface area contributed by atoms with Crippen molar-refractivity contribution < 1.29 is 23.9 Å². The van der Waals surface area contributed by atoms with Crippen LogP contribution in [0.15, 0.2) is 0 Å². The number of hydrogen-bond donors (Lipinski definition) is 0. The van der Waals surface area contributed by atoms with Gasteiger partial charge in [0.2, 0.25) is 0 Å². The minimum atomic E-state index is -0.657. The number of rotatable bonds is 11. The van der Waals surface area contributed by atoms with Gasteiger partial charge in [0, 0.05) is 19.0 Å². The summed E-state index contributed by atoms with van der Waals surface area (Å²) in [7, 11) is 1.36. The van der Waals surface area contributed by atoms with Crippen LogP contribution in [0.3, 0.4) is 0 Å². The summed E-state index contributed by atoms with van der Waals surface area (Å²) in [5, 5.41) is 0. The molecule has 1 amide bonds. The number of ketones is 1. The molecule has 0 spiro atoms. The quantitative estimate of drug-likeness (QED) is 0.313. The average Bonchev–Trinajstić information content (AvgIpc) is 2.66. The van der Waals surface area contributed by atoms with Crippen LogP contribution in [-0.2, 0) is 19.1 Å². The number of amides is 1. The van der Waals surface area contributed by atoms with Gasteiger partial charge in [-0.3, -0.25) is 9.59 Å². The van der Waals surface area contributed by atoms with Crippen LogP contribution in [0.1, 0.15) is 71.6 Å². The predicted molar refractivity (Wildman–Crippen MR) is 99.8 cm³/mol. The molecule has 0 aliphatic carbocycles. The van der Waals surface area contributed by atoms with E-state index in [0.29, 0.717) is 39.0 Å². The van der Waals surface area contributed by atoms with E-state index in [1.54, 1.807) is 11.8 Å². The third kappa shape index (κ3) is 7.34. The van der Waals surface area contributed by atoms with Crippen LogP contribution in [0.4, 0.5) is 4.79 Å². The topological polar surface area (TPSA) is 72.9 Å². The van der Waals surface area contributed by atoms with E-state index >= 15 is 0 Å². The van der Waals surface area contributed by atoms with Crippen molar-refractivity contribution in [3.63, 3.8) is 0 Å². The van der Waals surface area contributed by atoms with E-state index in [4.69, 9.17) is 9.47 Å². The van der Waals surface area contributed by atoms with Gasteiger partial charge >= 0.3 is 12.1 Å². The molecule has 1 rings (SSSR count). The maximum atomic E-state index is 12.9. The molecule has 0 aromatic heterocycles. The van der Waals surface area contributed by atoms with E-state index in [9.17, 15) is 14.4 Å². The summed E-state index contributed by atoms with van der Waals surface area (Å²) in [5.41, 5.74) is 0. The number of Topliss-reactive ketones (excluding diaryl/α,β-unsaturated/α-hetero) is 1. The Morgan fingerprint density at radius 1 is 1.00 bits per heavy atom. The Morgan fingerprint density at radius 2 is 1.62 bits per heavy atom. The van der Waals surface area contributed by atoms with E-state index in [1.807, 2.05) is 0 Å². The zero-order valence-corrected chi connectivity index (χ0v) is 16.6. The maximum absolute atomic E-state index is 12.9. The summed E-state index contributed by atoms with van der Waals surface area (Å²) in [5.74, 6) is -1.23. The Labute approximate surface area is 157 Å². The molecule has 1 aliphatic rings. The highest BCUT2D eigenvalue weighted by atomic mass is 16.5. The number of esters is 1. The molecule has 1 aliphatic heterocycles. The Bertz CT molecular complexity index is 443. The molecule has 1 unspecified atom stereocenters. The number of nitrogens with zero attached hydrogens (tertiary/aromatic N) is 1. The molecule has 26 heavy (non-hydrogen) atoms. The number of carbonyl (C=O) groups excluding carboxylic acids is 3. The standard InChI is InChI=1S/C20H35NO5/c1-4-6-7-8-9-10-11-17(19(23)26-5-2)18(22)16-12-14-21(15-13-16)20(24)25-3/h16-17H,4-15H2,1-3H3. The van der Waals surface area contributed by atoms with Crippen molar-refractivity contribution in [3.05, 3.63) is 0 Å². The third-order valence-electron chi connectivity index (χ3n) is 5.09. The molecular weight excluding hydrogens is 334 g/mol. The molecule has 0 bridgehead atoms. The smallest absolute Gasteiger partial charge is 0.409 e. The largest absolute Gasteiger partial charge is 0.465 e. The lowest BCUT2D eigenvalue weighted by molar-refractivity contribution is -0.153. The van der Waals surface area contributed by atoms with E-state index in [1.165, 1.54) is 26.4 Å². The first-order valence-corrected chi connectivity index (χ1v) is 10.1. The zero-order chi connectivity index (χ0) is 19.4. The van der Waals surface area contributed by atoms with Crippen LogP contribution in [0, 0.1) is 11.8 Å². The van der Waals surface area contributed by atoms with Crippen molar-refractivity contribution in [2.75, 3.05) is 26.8 Å². The molecule has 1 atom stereocenters. The number of ether oxygens (including phenoxy) is 2. The SMILES string of the molecule is CCCCCCCCC(C(=O)OCC)C(=O)C1CCN(C(=O)OC)CC1. The lowest BCUT2D eigenvalue weighted by Gasteiger charge is -2.31. The molecule has 6 heteroatoms. The molecule has 0 saturated carbocycles. The first-order chi connectivity index (χ1) is 12.5. The molecule has 6 nitrogen and oxygen atoms in total. The Kier molecular flexibility index (Phi) is 11.0. The number of piperidine rings is 1. The fraction of sp³-hybridized carbons (Fsp3) is 0.850. The van der Waals surface area contributed by atoms with Crippen molar-refractivity contribution in [1.82, 2.24) is 4.90 Å². The molecule has 0 aromatic carbocycles. The van der Waals surface area contributed by atoms with Gasteiger partial charge in [0.25, 0.3) is 0 Å². The van der Waals surface area contributed by atoms with Crippen LogP contribution in [0.25, 0.3) is 0 Å². The minimum absolute atomic E-state index is 0.0125. The van der Waals surface area contributed by atoms with Crippen LogP contribution in [-0.4, -0.2) is 49.6 Å². The fourth-order valence-electron chi connectivity index (χ4n) is 3.51. The van der Waals surface area contributed by atoms with Crippen molar-refractivity contribution in [1.29, 1.82) is 0 Å². The van der Waals surface area contributed by atoms with E-state index in [-0.39, 0.29) is 23.8 Å². The number of carbonyl (C=O) groups is 3. The second kappa shape index (κ2) is 12.7. The molecule has 1 heterocycles. The van der Waals surface area contributed by atoms with Crippen molar-refractivity contribution in [3.8, 4) is 0 Å². The highest BCUT2D eigenvalue weighted by Crippen LogP contribution is 2.25. The van der Waals surface area contributed by atoms with Gasteiger partial charge in [0.1, 0.15) is 11.7 Å². The van der Waals surface area contributed by atoms with Crippen molar-refractivity contribution in [2.24, 2.45) is 11.8 Å². The molecular formula is C20H35NO5. The minimum Gasteiger partial charge on any atom is -0.465 e. The number of likely N-dealkylation sites (tertiary alicyclic amines) is 1. The Hall–Kier alpha value is -1.59. The van der Waals surface area contributed by atoms with E-state index < -0.39 is 5.92 Å². The van der Waals surface area contributed by atoms with Gasteiger partial charge in [0.05, 0.1) is 13.7 Å². The monoisotopic (exact) mass is 369 g/mol. The van der Waals surface area contributed by atoms with Crippen LogP contribution in [0.2, 0.25) is 0 Å². The van der Waals surface area contributed by atoms with E-state index in [0.717, 1.165) is 19.3 Å². The van der Waals surface area contributed by atoms with Crippen LogP contribution in [0.5, 0.6) is 0 Å². The van der Waals surface area contributed by atoms with Crippen molar-refractivity contribution >= 4 is 17.8 Å². The summed E-state index contributed by atoms with van der Waals surface area (Å²) >= 11 is 0. The van der Waals surface area contributed by atoms with Gasteiger partial charge in [-0.2, -0.15) is 0 Å². The second-order valence-electron chi connectivity index (χ2n) is 6.99. The predicted octanol–water partition coefficient (Wildman–Crippen LogP) is 3.96. The van der Waals surface area contributed by atoms with Gasteiger partial charge in [-0.1, -0.05) is 45.4 Å². The lowest BCUT2D eigenvalue weighted by Crippen LogP contribution is -2.42. The van der Waals surface area contributed by atoms with Crippen LogP contribution < -0.4 is 0 Å². The van der Waals surface area contributed by atoms with Gasteiger partial charge < -0.3 is 14.4 Å². The first kappa shape index (κ1) is 22.5. The second-order valence-corrected chi connectivity index (χ2v) is 6.99. The fourth-order valence-corrected chi connectivity index (χ4v) is 3.51. The number of unbranched alkanes of at least 4 members (excludes halogenated alkanes) is 5. The number of methoxy groups -OCH3 is 1. The van der Waals surface area contributed by atoms with Crippen LogP contribution >= 0.6 is 0 Å². The average molecular weight is 370 g/mol. The summed E-state index contributed by atoms with van der Waals surface area (Å²) < 4.78 is 9.87. The molecule has 150 valence electrons. The van der Waals surface area contributed by atoms with Gasteiger partial charge in [0.15, 0.2) is 0 Å². The maximum Gasteiger partial charge on any atom is 0.409 e. The zero-order valence-electron chi connectivity index (χ0n) is 16.6. The highest BCUT2D eigenvalue weighted by molar-refractivity contribution is 6.00. The summed E-state index contributed by atoms with van der Waals surface area (Å²) in [4.78, 5) is 38.3. The lowest BCUT2D eigenvalue weighted by atomic mass is 9.83. The number of hydrogen-bond acceptors (Lipinski definition) is 5. The normalized spacial score (nSPS) is 16.2. The summed E-state index contributed by atoms with van der Waals surface area (Å²) in [6, 6.07) is 0. The summed E-state index contributed by atoms with van der Waals surface area (Å²) in [6.07, 6.45) is 8.10. The highest BCUT2D eigenvalue weighted by Gasteiger charge is 2.35. The molecule has 0 N–H and O–H groups in total. The van der Waals surface area contributed by atoms with Gasteiger partial charge in [-0.05, 0) is 26.2 Å². The Balaban J connectivity index is 2.53. The van der Waals surface area contributed by atoms with E-state index in [2.05, 4.69) is 6.92 Å². The molecule has 1 saturated heterocycles.